The van der Waals surface area contributed by atoms with Gasteiger partial charge in [-0.1, -0.05) is 37.4 Å². The molecule has 0 atom stereocenters. The Labute approximate surface area is 117 Å². The highest BCUT2D eigenvalue weighted by molar-refractivity contribution is 7.08. The van der Waals surface area contributed by atoms with Crippen LogP contribution in [-0.4, -0.2) is 15.5 Å². The number of hydrogen-bond acceptors (Lipinski definition) is 4. The van der Waals surface area contributed by atoms with Crippen LogP contribution in [0.5, 0.6) is 0 Å². The largest absolute Gasteiger partial charge is 0.321 e. The van der Waals surface area contributed by atoms with E-state index in [4.69, 9.17) is 0 Å². The van der Waals surface area contributed by atoms with Crippen molar-refractivity contribution in [3.63, 3.8) is 0 Å². The Kier molecular flexibility index (Phi) is 3.66. The summed E-state index contributed by atoms with van der Waals surface area (Å²) in [5, 5.41) is 6.73. The molecule has 0 unspecified atom stereocenters. The van der Waals surface area contributed by atoms with E-state index >= 15 is 0 Å². The van der Waals surface area contributed by atoms with E-state index < -0.39 is 0 Å². The molecule has 0 spiro atoms. The highest BCUT2D eigenvalue weighted by Crippen LogP contribution is 2.25. The summed E-state index contributed by atoms with van der Waals surface area (Å²) in [6.45, 7) is 8.21. The van der Waals surface area contributed by atoms with Gasteiger partial charge in [0.25, 0.3) is 5.91 Å². The number of rotatable bonds is 2. The molecule has 1 N–H and O–H groups in total. The molecule has 0 aliphatic heterocycles. The predicted octanol–water partition coefficient (Wildman–Crippen LogP) is 3.40. The number of carbonyl (C=O) groups is 1. The lowest BCUT2D eigenvalue weighted by Crippen LogP contribution is -2.14. The zero-order valence-electron chi connectivity index (χ0n) is 11.5. The Balaban J connectivity index is 2.21. The zero-order chi connectivity index (χ0) is 14.0. The second-order valence-corrected chi connectivity index (χ2v) is 6.23. The molecule has 1 amide bonds. The van der Waals surface area contributed by atoms with Crippen molar-refractivity contribution in [3.8, 4) is 0 Å². The third-order valence-electron chi connectivity index (χ3n) is 2.84. The van der Waals surface area contributed by atoms with Crippen molar-refractivity contribution in [1.82, 2.24) is 9.59 Å². The third kappa shape index (κ3) is 3.17. The lowest BCUT2D eigenvalue weighted by molar-refractivity contribution is 0.103. The highest BCUT2D eigenvalue weighted by atomic mass is 32.1. The number of carbonyl (C=O) groups excluding carboxylic acids is 1. The van der Waals surface area contributed by atoms with Gasteiger partial charge in [-0.15, -0.1) is 5.10 Å². The summed E-state index contributed by atoms with van der Waals surface area (Å²) < 4.78 is 3.77. The number of nitrogens with one attached hydrogen (secondary N) is 1. The number of aryl methyl sites for hydroxylation is 1. The second kappa shape index (κ2) is 5.09. The second-order valence-electron chi connectivity index (χ2n) is 5.47. The predicted molar refractivity (Wildman–Crippen MR) is 77.7 cm³/mol. The van der Waals surface area contributed by atoms with Crippen LogP contribution in [0.25, 0.3) is 0 Å². The maximum Gasteiger partial charge on any atom is 0.269 e. The van der Waals surface area contributed by atoms with Crippen LogP contribution in [-0.2, 0) is 5.41 Å². The van der Waals surface area contributed by atoms with Gasteiger partial charge < -0.3 is 5.32 Å². The molecular formula is C14H17N3OS. The fraction of sp³-hybridized carbons (Fsp3) is 0.357. The molecule has 1 heterocycles. The molecular weight excluding hydrogens is 258 g/mol. The van der Waals surface area contributed by atoms with E-state index in [-0.39, 0.29) is 11.3 Å². The van der Waals surface area contributed by atoms with Crippen molar-refractivity contribution in [2.45, 2.75) is 33.1 Å². The molecule has 0 bridgehead atoms. The van der Waals surface area contributed by atoms with Gasteiger partial charge in [0, 0.05) is 5.69 Å². The number of nitrogens with zero attached hydrogens (tertiary/aromatic N) is 2. The number of aromatic nitrogens is 2. The van der Waals surface area contributed by atoms with E-state index in [1.54, 1.807) is 6.92 Å². The van der Waals surface area contributed by atoms with Gasteiger partial charge in [0.1, 0.15) is 4.88 Å². The van der Waals surface area contributed by atoms with E-state index in [2.05, 4.69) is 41.7 Å². The molecule has 1 aromatic carbocycles. The van der Waals surface area contributed by atoms with Crippen molar-refractivity contribution < 1.29 is 4.79 Å². The first-order valence-corrected chi connectivity index (χ1v) is 6.86. The molecule has 2 rings (SSSR count). The van der Waals surface area contributed by atoms with Crippen LogP contribution in [0.3, 0.4) is 0 Å². The summed E-state index contributed by atoms with van der Waals surface area (Å²) in [6, 6.07) is 7.90. The van der Waals surface area contributed by atoms with Crippen molar-refractivity contribution in [2.24, 2.45) is 0 Å². The summed E-state index contributed by atoms with van der Waals surface area (Å²) in [7, 11) is 0. The fourth-order valence-corrected chi connectivity index (χ4v) is 2.24. The average molecular weight is 275 g/mol. The minimum Gasteiger partial charge on any atom is -0.321 e. The summed E-state index contributed by atoms with van der Waals surface area (Å²) >= 11 is 1.11. The SMILES string of the molecule is Cc1nnsc1C(=O)Nc1cccc(C(C)(C)C)c1. The normalized spacial score (nSPS) is 11.4. The Morgan fingerprint density at radius 3 is 2.63 bits per heavy atom. The van der Waals surface area contributed by atoms with Crippen molar-refractivity contribution in [2.75, 3.05) is 5.32 Å². The van der Waals surface area contributed by atoms with Crippen LogP contribution in [0.2, 0.25) is 0 Å². The molecule has 0 saturated carbocycles. The summed E-state index contributed by atoms with van der Waals surface area (Å²) in [4.78, 5) is 12.6. The standard InChI is InChI=1S/C14H17N3OS/c1-9-12(19-17-16-9)13(18)15-11-7-5-6-10(8-11)14(2,3)4/h5-8H,1-4H3,(H,15,18). The smallest absolute Gasteiger partial charge is 0.269 e. The summed E-state index contributed by atoms with van der Waals surface area (Å²) in [5.74, 6) is -0.154. The average Bonchev–Trinajstić information content (AvgIpc) is 2.75. The Morgan fingerprint density at radius 1 is 1.32 bits per heavy atom. The Bertz CT molecular complexity index is 599. The van der Waals surface area contributed by atoms with Gasteiger partial charge in [-0.2, -0.15) is 0 Å². The van der Waals surface area contributed by atoms with Crippen LogP contribution < -0.4 is 5.32 Å². The van der Waals surface area contributed by atoms with Crippen LogP contribution in [0.4, 0.5) is 5.69 Å². The van der Waals surface area contributed by atoms with Gasteiger partial charge in [0.05, 0.1) is 5.69 Å². The minimum atomic E-state index is -0.154. The highest BCUT2D eigenvalue weighted by Gasteiger charge is 2.16. The molecule has 4 nitrogen and oxygen atoms in total. The molecule has 0 fully saturated rings. The Hall–Kier alpha value is -1.75. The van der Waals surface area contributed by atoms with Crippen LogP contribution >= 0.6 is 11.5 Å². The first kappa shape index (κ1) is 13.7. The van der Waals surface area contributed by atoms with Crippen LogP contribution in [0.15, 0.2) is 24.3 Å². The van der Waals surface area contributed by atoms with Gasteiger partial charge in [0.2, 0.25) is 0 Å². The summed E-state index contributed by atoms with van der Waals surface area (Å²) in [6.07, 6.45) is 0. The van der Waals surface area contributed by atoms with E-state index in [0.29, 0.717) is 10.6 Å². The topological polar surface area (TPSA) is 54.9 Å². The first-order chi connectivity index (χ1) is 8.88. The van der Waals surface area contributed by atoms with E-state index in [1.807, 2.05) is 18.2 Å². The molecule has 100 valence electrons. The number of amides is 1. The van der Waals surface area contributed by atoms with Gasteiger partial charge in [-0.25, -0.2) is 0 Å². The molecule has 5 heteroatoms. The molecule has 0 radical (unpaired) electrons. The third-order valence-corrected chi connectivity index (χ3v) is 3.67. The monoisotopic (exact) mass is 275 g/mol. The molecule has 19 heavy (non-hydrogen) atoms. The number of benzene rings is 1. The van der Waals surface area contributed by atoms with Gasteiger partial charge in [-0.05, 0) is 41.6 Å². The quantitative estimate of drug-likeness (QED) is 0.914. The van der Waals surface area contributed by atoms with Gasteiger partial charge in [-0.3, -0.25) is 4.79 Å². The molecule has 0 saturated heterocycles. The molecule has 1 aromatic heterocycles. The van der Waals surface area contributed by atoms with Gasteiger partial charge >= 0.3 is 0 Å². The minimum absolute atomic E-state index is 0.0582. The maximum atomic E-state index is 12.1. The maximum absolute atomic E-state index is 12.1. The molecule has 0 aliphatic rings. The first-order valence-electron chi connectivity index (χ1n) is 6.09. The van der Waals surface area contributed by atoms with Crippen molar-refractivity contribution in [1.29, 1.82) is 0 Å². The fourth-order valence-electron chi connectivity index (χ4n) is 1.69. The van der Waals surface area contributed by atoms with Gasteiger partial charge in [0.15, 0.2) is 0 Å². The molecule has 2 aromatic rings. The van der Waals surface area contributed by atoms with Crippen LogP contribution in [0, 0.1) is 6.92 Å². The zero-order valence-corrected chi connectivity index (χ0v) is 12.3. The summed E-state index contributed by atoms with van der Waals surface area (Å²) in [5.41, 5.74) is 2.70. The van der Waals surface area contributed by atoms with E-state index in [0.717, 1.165) is 17.2 Å². The van der Waals surface area contributed by atoms with Crippen LogP contribution in [0.1, 0.15) is 41.7 Å². The lowest BCUT2D eigenvalue weighted by atomic mass is 9.87. The number of hydrogen-bond donors (Lipinski definition) is 1. The lowest BCUT2D eigenvalue weighted by Gasteiger charge is -2.19. The number of anilines is 1. The van der Waals surface area contributed by atoms with E-state index in [9.17, 15) is 4.79 Å². The molecule has 0 aliphatic carbocycles. The van der Waals surface area contributed by atoms with Crippen molar-refractivity contribution >= 4 is 23.1 Å². The Morgan fingerprint density at radius 2 is 2.05 bits per heavy atom. The van der Waals surface area contributed by atoms with Crippen molar-refractivity contribution in [3.05, 3.63) is 40.4 Å². The van der Waals surface area contributed by atoms with E-state index in [1.165, 1.54) is 5.56 Å².